The molecule has 1 heterocycles. The SMILES string of the molecule is Cc1cnn(C)c1-c1cc(Cl)cc(C(=O)O)c1C. The number of benzene rings is 1. The first-order chi connectivity index (χ1) is 8.41. The maximum atomic E-state index is 11.2. The number of carbonyl (C=O) groups is 1. The first-order valence-corrected chi connectivity index (χ1v) is 5.82. The molecule has 0 unspecified atom stereocenters. The Balaban J connectivity index is 2.76. The lowest BCUT2D eigenvalue weighted by Crippen LogP contribution is -2.03. The van der Waals surface area contributed by atoms with E-state index in [0.29, 0.717) is 10.6 Å². The highest BCUT2D eigenvalue weighted by molar-refractivity contribution is 6.31. The summed E-state index contributed by atoms with van der Waals surface area (Å²) in [4.78, 5) is 11.2. The van der Waals surface area contributed by atoms with Crippen LogP contribution in [-0.2, 0) is 7.05 Å². The fourth-order valence-electron chi connectivity index (χ4n) is 2.08. The summed E-state index contributed by atoms with van der Waals surface area (Å²) in [6.45, 7) is 3.71. The van der Waals surface area contributed by atoms with Crippen LogP contribution in [0.4, 0.5) is 0 Å². The fraction of sp³-hybridized carbons (Fsp3) is 0.231. The lowest BCUT2D eigenvalue weighted by Gasteiger charge is -2.11. The maximum Gasteiger partial charge on any atom is 0.336 e. The third-order valence-electron chi connectivity index (χ3n) is 2.98. The topological polar surface area (TPSA) is 55.1 Å². The van der Waals surface area contributed by atoms with Gasteiger partial charge < -0.3 is 5.11 Å². The van der Waals surface area contributed by atoms with Gasteiger partial charge in [0.05, 0.1) is 17.5 Å². The molecule has 94 valence electrons. The van der Waals surface area contributed by atoms with Crippen LogP contribution in [0.15, 0.2) is 18.3 Å². The van der Waals surface area contributed by atoms with Crippen LogP contribution in [0.2, 0.25) is 5.02 Å². The molecule has 0 saturated heterocycles. The van der Waals surface area contributed by atoms with Crippen LogP contribution in [0.25, 0.3) is 11.3 Å². The van der Waals surface area contributed by atoms with E-state index < -0.39 is 5.97 Å². The van der Waals surface area contributed by atoms with Gasteiger partial charge in [0.2, 0.25) is 0 Å². The smallest absolute Gasteiger partial charge is 0.336 e. The summed E-state index contributed by atoms with van der Waals surface area (Å²) in [5, 5.41) is 13.7. The predicted octanol–water partition coefficient (Wildman–Crippen LogP) is 3.06. The van der Waals surface area contributed by atoms with Gasteiger partial charge in [0.1, 0.15) is 0 Å². The number of aromatic nitrogens is 2. The average Bonchev–Trinajstić information content (AvgIpc) is 2.61. The second-order valence-electron chi connectivity index (χ2n) is 4.23. The molecule has 1 aromatic heterocycles. The van der Waals surface area contributed by atoms with Crippen molar-refractivity contribution < 1.29 is 9.90 Å². The van der Waals surface area contributed by atoms with Crippen molar-refractivity contribution in [3.63, 3.8) is 0 Å². The van der Waals surface area contributed by atoms with Crippen molar-refractivity contribution in [1.82, 2.24) is 9.78 Å². The zero-order chi connectivity index (χ0) is 13.4. The zero-order valence-electron chi connectivity index (χ0n) is 10.4. The normalized spacial score (nSPS) is 10.7. The molecule has 0 amide bonds. The summed E-state index contributed by atoms with van der Waals surface area (Å²) in [5.41, 5.74) is 3.59. The van der Waals surface area contributed by atoms with Gasteiger partial charge in [0.25, 0.3) is 0 Å². The molecule has 2 aromatic rings. The highest BCUT2D eigenvalue weighted by atomic mass is 35.5. The summed E-state index contributed by atoms with van der Waals surface area (Å²) < 4.78 is 1.72. The van der Waals surface area contributed by atoms with E-state index in [2.05, 4.69) is 5.10 Å². The molecule has 0 spiro atoms. The van der Waals surface area contributed by atoms with Crippen molar-refractivity contribution >= 4 is 17.6 Å². The van der Waals surface area contributed by atoms with Crippen molar-refractivity contribution in [2.24, 2.45) is 7.05 Å². The zero-order valence-corrected chi connectivity index (χ0v) is 11.1. The number of carboxylic acids is 1. The Morgan fingerprint density at radius 1 is 1.39 bits per heavy atom. The lowest BCUT2D eigenvalue weighted by molar-refractivity contribution is 0.0696. The molecule has 0 aliphatic heterocycles. The second kappa shape index (κ2) is 4.46. The number of halogens is 1. The van der Waals surface area contributed by atoms with E-state index in [4.69, 9.17) is 16.7 Å². The van der Waals surface area contributed by atoms with Gasteiger partial charge in [0.15, 0.2) is 0 Å². The molecule has 1 aromatic carbocycles. The van der Waals surface area contributed by atoms with E-state index in [1.54, 1.807) is 23.9 Å². The number of rotatable bonds is 2. The van der Waals surface area contributed by atoms with Crippen LogP contribution in [0.5, 0.6) is 0 Å². The van der Waals surface area contributed by atoms with E-state index in [0.717, 1.165) is 16.8 Å². The van der Waals surface area contributed by atoms with Crippen molar-refractivity contribution in [3.8, 4) is 11.3 Å². The van der Waals surface area contributed by atoms with Crippen molar-refractivity contribution in [1.29, 1.82) is 0 Å². The minimum absolute atomic E-state index is 0.220. The number of aryl methyl sites for hydroxylation is 2. The van der Waals surface area contributed by atoms with Crippen LogP contribution >= 0.6 is 11.6 Å². The monoisotopic (exact) mass is 264 g/mol. The Morgan fingerprint density at radius 2 is 2.06 bits per heavy atom. The summed E-state index contributed by atoms with van der Waals surface area (Å²) in [7, 11) is 1.82. The number of carboxylic acid groups (broad SMARTS) is 1. The van der Waals surface area contributed by atoms with Gasteiger partial charge in [-0.3, -0.25) is 4.68 Å². The number of hydrogen-bond acceptors (Lipinski definition) is 2. The molecule has 0 atom stereocenters. The largest absolute Gasteiger partial charge is 0.478 e. The second-order valence-corrected chi connectivity index (χ2v) is 4.67. The van der Waals surface area contributed by atoms with Crippen molar-refractivity contribution in [3.05, 3.63) is 40.0 Å². The maximum absolute atomic E-state index is 11.2. The Labute approximate surface area is 110 Å². The molecule has 1 N–H and O–H groups in total. The van der Waals surface area contributed by atoms with Crippen molar-refractivity contribution in [2.45, 2.75) is 13.8 Å². The molecule has 0 bridgehead atoms. The van der Waals surface area contributed by atoms with Gasteiger partial charge in [-0.25, -0.2) is 4.79 Å². The fourth-order valence-corrected chi connectivity index (χ4v) is 2.30. The predicted molar refractivity (Wildman–Crippen MR) is 70.1 cm³/mol. The van der Waals surface area contributed by atoms with Gasteiger partial charge >= 0.3 is 5.97 Å². The van der Waals surface area contributed by atoms with Gasteiger partial charge in [-0.1, -0.05) is 11.6 Å². The molecule has 0 aliphatic carbocycles. The van der Waals surface area contributed by atoms with E-state index in [1.807, 2.05) is 14.0 Å². The molecular weight excluding hydrogens is 252 g/mol. The third-order valence-corrected chi connectivity index (χ3v) is 3.20. The van der Waals surface area contributed by atoms with Crippen LogP contribution in [0, 0.1) is 13.8 Å². The molecule has 0 fully saturated rings. The molecule has 4 nitrogen and oxygen atoms in total. The van der Waals surface area contributed by atoms with Gasteiger partial charge in [-0.05, 0) is 37.1 Å². The molecule has 5 heteroatoms. The average molecular weight is 265 g/mol. The molecule has 0 aliphatic rings. The first-order valence-electron chi connectivity index (χ1n) is 5.44. The Kier molecular flexibility index (Phi) is 3.13. The van der Waals surface area contributed by atoms with Crippen LogP contribution < -0.4 is 0 Å². The summed E-state index contributed by atoms with van der Waals surface area (Å²) in [5.74, 6) is -0.976. The van der Waals surface area contributed by atoms with E-state index in [9.17, 15) is 4.79 Å². The Hall–Kier alpha value is -1.81. The quantitative estimate of drug-likeness (QED) is 0.907. The minimum Gasteiger partial charge on any atom is -0.478 e. The van der Waals surface area contributed by atoms with E-state index in [1.165, 1.54) is 6.07 Å². The number of nitrogens with zero attached hydrogens (tertiary/aromatic N) is 2. The van der Waals surface area contributed by atoms with Gasteiger partial charge in [-0.2, -0.15) is 5.10 Å². The minimum atomic E-state index is -0.976. The summed E-state index contributed by atoms with van der Waals surface area (Å²) >= 11 is 5.99. The molecule has 0 radical (unpaired) electrons. The Morgan fingerprint density at radius 3 is 2.56 bits per heavy atom. The van der Waals surface area contributed by atoms with Crippen LogP contribution in [0.3, 0.4) is 0 Å². The summed E-state index contributed by atoms with van der Waals surface area (Å²) in [6.07, 6.45) is 1.75. The first kappa shape index (κ1) is 12.6. The molecule has 18 heavy (non-hydrogen) atoms. The van der Waals surface area contributed by atoms with Crippen LogP contribution in [0.1, 0.15) is 21.5 Å². The molecular formula is C13H13ClN2O2. The molecule has 2 rings (SSSR count). The number of hydrogen-bond donors (Lipinski definition) is 1. The van der Waals surface area contributed by atoms with Gasteiger partial charge in [-0.15, -0.1) is 0 Å². The van der Waals surface area contributed by atoms with Gasteiger partial charge in [0, 0.05) is 17.6 Å². The van der Waals surface area contributed by atoms with E-state index in [-0.39, 0.29) is 5.56 Å². The van der Waals surface area contributed by atoms with E-state index >= 15 is 0 Å². The highest BCUT2D eigenvalue weighted by Crippen LogP contribution is 2.31. The highest BCUT2D eigenvalue weighted by Gasteiger charge is 2.17. The van der Waals surface area contributed by atoms with Crippen LogP contribution in [-0.4, -0.2) is 20.9 Å². The lowest BCUT2D eigenvalue weighted by atomic mass is 9.98. The van der Waals surface area contributed by atoms with Crippen molar-refractivity contribution in [2.75, 3.05) is 0 Å². The third kappa shape index (κ3) is 1.99. The summed E-state index contributed by atoms with van der Waals surface area (Å²) in [6, 6.07) is 3.24. The Bertz CT molecular complexity index is 613. The standard InChI is InChI=1S/C13H13ClN2O2/c1-7-6-15-16(3)12(7)10-4-9(14)5-11(8(10)2)13(17)18/h4-6H,1-3H3,(H,17,18). The number of aromatic carboxylic acids is 1. The molecule has 0 saturated carbocycles.